The van der Waals surface area contributed by atoms with Crippen LogP contribution in [0.5, 0.6) is 0 Å². The number of rotatable bonds is 12. The van der Waals surface area contributed by atoms with Crippen molar-refractivity contribution in [1.82, 2.24) is 0 Å². The number of amides is 1. The van der Waals surface area contributed by atoms with Gasteiger partial charge in [-0.2, -0.15) is 0 Å². The lowest BCUT2D eigenvalue weighted by Crippen LogP contribution is -2.47. The number of carbonyl (C=O) groups is 2. The maximum absolute atomic E-state index is 13.1. The first-order valence-corrected chi connectivity index (χ1v) is 12.5. The van der Waals surface area contributed by atoms with Crippen LogP contribution in [0.25, 0.3) is 0 Å². The van der Waals surface area contributed by atoms with Crippen LogP contribution in [0.3, 0.4) is 0 Å². The predicted molar refractivity (Wildman–Crippen MR) is 152 cm³/mol. The highest BCUT2D eigenvalue weighted by atomic mass is 16.5. The minimum atomic E-state index is -1.52. The van der Waals surface area contributed by atoms with Crippen molar-refractivity contribution in [2.24, 2.45) is 0 Å². The third-order valence-corrected chi connectivity index (χ3v) is 5.85. The number of ether oxygens (including phenoxy) is 1. The molecule has 38 heavy (non-hydrogen) atoms. The Labute approximate surface area is 226 Å². The van der Waals surface area contributed by atoms with Crippen molar-refractivity contribution in [2.75, 3.05) is 12.4 Å². The number of hydrogen-bond acceptors (Lipinski definition) is 6. The fourth-order valence-electron chi connectivity index (χ4n) is 4.13. The quantitative estimate of drug-likeness (QED) is 0.142. The van der Waals surface area contributed by atoms with E-state index < -0.39 is 11.5 Å². The Morgan fingerprint density at radius 2 is 1.79 bits per heavy atom. The Kier molecular flexibility index (Phi) is 13.2. The number of aliphatic hydroxyl groups excluding tert-OH is 2. The van der Waals surface area contributed by atoms with Crippen molar-refractivity contribution in [3.05, 3.63) is 102 Å². The summed E-state index contributed by atoms with van der Waals surface area (Å²) in [7, 11) is 1.55. The summed E-state index contributed by atoms with van der Waals surface area (Å²) >= 11 is 0. The lowest BCUT2D eigenvalue weighted by atomic mass is 9.73. The molecule has 206 valence electrons. The molecular weight excluding hydrogens is 482 g/mol. The van der Waals surface area contributed by atoms with Crippen LogP contribution in [-0.4, -0.2) is 40.2 Å². The number of aldehydes is 1. The van der Waals surface area contributed by atoms with Crippen molar-refractivity contribution in [3.63, 3.8) is 0 Å². The van der Waals surface area contributed by atoms with Gasteiger partial charge in [0.1, 0.15) is 17.6 Å². The van der Waals surface area contributed by atoms with Crippen LogP contribution in [0, 0.1) is 0 Å². The van der Waals surface area contributed by atoms with Gasteiger partial charge in [0.15, 0.2) is 0 Å². The molecule has 0 aliphatic carbocycles. The molecule has 1 unspecified atom stereocenters. The third kappa shape index (κ3) is 10.4. The number of anilines is 1. The van der Waals surface area contributed by atoms with Crippen molar-refractivity contribution in [1.29, 1.82) is 0 Å². The molecule has 7 nitrogen and oxygen atoms in total. The molecule has 0 bridgehead atoms. The van der Waals surface area contributed by atoms with E-state index in [-0.39, 0.29) is 23.5 Å². The minimum Gasteiger partial charge on any atom is -0.512 e. The fraction of sp³-hybridized carbons (Fsp3) is 0.355. The van der Waals surface area contributed by atoms with Gasteiger partial charge in [-0.15, -0.1) is 0 Å². The van der Waals surface area contributed by atoms with Crippen molar-refractivity contribution in [3.8, 4) is 0 Å². The zero-order valence-electron chi connectivity index (χ0n) is 23.0. The summed E-state index contributed by atoms with van der Waals surface area (Å²) in [5.41, 5.74) is 0.895. The van der Waals surface area contributed by atoms with Crippen LogP contribution >= 0.6 is 0 Å². The second-order valence-electron chi connectivity index (χ2n) is 9.74. The second kappa shape index (κ2) is 15.5. The lowest BCUT2D eigenvalue weighted by molar-refractivity contribution is -0.137. The molecule has 7 heteroatoms. The molecule has 0 aliphatic heterocycles. The summed E-state index contributed by atoms with van der Waals surface area (Å²) in [5, 5.41) is 31.5. The van der Waals surface area contributed by atoms with E-state index in [9.17, 15) is 14.7 Å². The molecular formula is C31H41NO6. The maximum Gasteiger partial charge on any atom is 0.256 e. The smallest absolute Gasteiger partial charge is 0.256 e. The number of nitrogens with one attached hydrogen (secondary N) is 1. The van der Waals surface area contributed by atoms with E-state index in [1.807, 2.05) is 51.1 Å². The molecule has 0 aliphatic rings. The SMILES string of the molecule is C=C/C=C(O)\C=C(/C)O.CCCC(O)(CC(C)(C)c1ccccc1)C(=O)Nc1ccc(C=O)c(COC)c1. The molecule has 0 fully saturated rings. The highest BCUT2D eigenvalue weighted by Gasteiger charge is 2.41. The largest absolute Gasteiger partial charge is 0.512 e. The number of benzene rings is 2. The van der Waals surface area contributed by atoms with Gasteiger partial charge in [-0.05, 0) is 60.6 Å². The van der Waals surface area contributed by atoms with Gasteiger partial charge in [0.05, 0.1) is 12.4 Å². The first-order valence-electron chi connectivity index (χ1n) is 12.5. The Balaban J connectivity index is 0.000000686. The molecule has 0 heterocycles. The monoisotopic (exact) mass is 523 g/mol. The first kappa shape index (κ1) is 32.3. The molecule has 0 spiro atoms. The van der Waals surface area contributed by atoms with E-state index in [2.05, 4.69) is 11.9 Å². The number of aliphatic hydroxyl groups is 3. The minimum absolute atomic E-state index is 0.00463. The van der Waals surface area contributed by atoms with Gasteiger partial charge in [0, 0.05) is 24.4 Å². The lowest BCUT2D eigenvalue weighted by Gasteiger charge is -2.35. The van der Waals surface area contributed by atoms with E-state index >= 15 is 0 Å². The molecule has 0 saturated carbocycles. The predicted octanol–water partition coefficient (Wildman–Crippen LogP) is 6.56. The van der Waals surface area contributed by atoms with Gasteiger partial charge in [-0.1, -0.05) is 70.2 Å². The highest BCUT2D eigenvalue weighted by Crippen LogP contribution is 2.35. The molecule has 2 aromatic rings. The first-order chi connectivity index (χ1) is 17.9. The zero-order chi connectivity index (χ0) is 28.8. The van der Waals surface area contributed by atoms with Crippen LogP contribution in [0.15, 0.2) is 84.9 Å². The number of methoxy groups -OCH3 is 1. The molecule has 0 saturated heterocycles. The standard InChI is InChI=1S/C24H31NO4.C7H10O2/c1-5-13-24(28,17-23(2,3)20-9-7-6-8-10-20)22(27)25-21-12-11-18(15-26)19(14-21)16-29-4;1-3-4-7(9)5-6(2)8/h6-12,14-15,28H,5,13,16-17H2,1-4H3,(H,25,27);3-5,8-9H,1H2,2H3/b;6-5+,7-4+. The van der Waals surface area contributed by atoms with Gasteiger partial charge >= 0.3 is 0 Å². The zero-order valence-corrected chi connectivity index (χ0v) is 23.0. The summed E-state index contributed by atoms with van der Waals surface area (Å²) in [6.07, 6.45) is 6.15. The molecule has 2 rings (SSSR count). The number of allylic oxidation sites excluding steroid dienone is 4. The van der Waals surface area contributed by atoms with Gasteiger partial charge in [0.2, 0.25) is 0 Å². The molecule has 4 N–H and O–H groups in total. The third-order valence-electron chi connectivity index (χ3n) is 5.85. The van der Waals surface area contributed by atoms with Crippen LogP contribution < -0.4 is 5.32 Å². The van der Waals surface area contributed by atoms with Crippen LogP contribution in [0.4, 0.5) is 5.69 Å². The summed E-state index contributed by atoms with van der Waals surface area (Å²) in [5.74, 6) is -0.360. The van der Waals surface area contributed by atoms with Gasteiger partial charge in [0.25, 0.3) is 5.91 Å². The molecule has 2 aromatic carbocycles. The van der Waals surface area contributed by atoms with Crippen molar-refractivity contribution < 1.29 is 29.6 Å². The molecule has 0 radical (unpaired) electrons. The van der Waals surface area contributed by atoms with E-state index in [1.54, 1.807) is 25.3 Å². The summed E-state index contributed by atoms with van der Waals surface area (Å²) in [6, 6.07) is 14.9. The Hall–Kier alpha value is -3.68. The summed E-state index contributed by atoms with van der Waals surface area (Å²) < 4.78 is 5.13. The van der Waals surface area contributed by atoms with Crippen molar-refractivity contribution >= 4 is 17.9 Å². The van der Waals surface area contributed by atoms with Crippen molar-refractivity contribution in [2.45, 2.75) is 64.6 Å². The maximum atomic E-state index is 13.1. The van der Waals surface area contributed by atoms with Gasteiger partial charge in [-0.3, -0.25) is 9.59 Å². The summed E-state index contributed by atoms with van der Waals surface area (Å²) in [4.78, 5) is 24.3. The average Bonchev–Trinajstić information content (AvgIpc) is 2.85. The average molecular weight is 524 g/mol. The van der Waals surface area contributed by atoms with E-state index in [4.69, 9.17) is 14.9 Å². The van der Waals surface area contributed by atoms with Crippen LogP contribution in [0.2, 0.25) is 0 Å². The van der Waals surface area contributed by atoms with E-state index in [0.29, 0.717) is 36.1 Å². The van der Waals surface area contributed by atoms with Gasteiger partial charge < -0.3 is 25.4 Å². The molecule has 0 aromatic heterocycles. The van der Waals surface area contributed by atoms with E-state index in [0.717, 1.165) is 11.8 Å². The Bertz CT molecular complexity index is 1120. The second-order valence-corrected chi connectivity index (χ2v) is 9.74. The molecule has 1 amide bonds. The highest BCUT2D eigenvalue weighted by molar-refractivity contribution is 5.97. The number of carbonyl (C=O) groups excluding carboxylic acids is 2. The Morgan fingerprint density at radius 3 is 2.32 bits per heavy atom. The summed E-state index contributed by atoms with van der Waals surface area (Å²) in [6.45, 7) is 11.1. The van der Waals surface area contributed by atoms with Crippen LogP contribution in [-0.2, 0) is 21.6 Å². The fourth-order valence-corrected chi connectivity index (χ4v) is 4.13. The van der Waals surface area contributed by atoms with E-state index in [1.165, 1.54) is 25.2 Å². The Morgan fingerprint density at radius 1 is 1.13 bits per heavy atom. The normalized spacial score (nSPS) is 13.5. The number of hydrogen-bond donors (Lipinski definition) is 4. The molecule has 1 atom stereocenters. The topological polar surface area (TPSA) is 116 Å². The van der Waals surface area contributed by atoms with Crippen LogP contribution in [0.1, 0.15) is 68.4 Å². The van der Waals surface area contributed by atoms with Gasteiger partial charge in [-0.25, -0.2) is 0 Å².